The molecule has 4 aliphatic rings. The number of alkyl carbamates (subject to hydrolysis) is 1. The molecule has 0 radical (unpaired) electrons. The van der Waals surface area contributed by atoms with Gasteiger partial charge in [-0.15, -0.1) is 0 Å². The van der Waals surface area contributed by atoms with Crippen molar-refractivity contribution >= 4 is 41.6 Å². The molecule has 6 rings (SSSR count). The van der Waals surface area contributed by atoms with E-state index in [4.69, 9.17) is 18.9 Å². The van der Waals surface area contributed by atoms with Crippen LogP contribution in [0.3, 0.4) is 0 Å². The number of Topliss-reactive ketones (excluding diaryl/α,β-unsaturated/α-hetero) is 2. The minimum atomic E-state index is -1.01. The summed E-state index contributed by atoms with van der Waals surface area (Å²) >= 11 is 0. The molecule has 0 saturated carbocycles. The minimum absolute atomic E-state index is 0.0598. The lowest BCUT2D eigenvalue weighted by Gasteiger charge is -2.32. The Hall–Kier alpha value is -5.47. The molecule has 0 spiro atoms. The number of ketones is 2. The monoisotopic (exact) mass is 803 g/mol. The molecule has 2 aromatic carbocycles. The zero-order valence-corrected chi connectivity index (χ0v) is 34.4. The van der Waals surface area contributed by atoms with E-state index in [1.54, 1.807) is 58.9 Å². The van der Waals surface area contributed by atoms with Gasteiger partial charge in [-0.05, 0) is 107 Å². The standard InChI is InChI=1S/C43H53N3O12/c1-22(2)36(44-41(52)54-8)38(49)46-24(4)9-13-31(46)39(50)56-21-33(47)26-10-12-28-27(16-26)20-55-35-18-29-25(17-30(28)35)11-14-34(37(29)48)57-40(51)32-15-23(3)19-45(32)42(53)58-43(5,6)7/h10,12,16-18,22-24,31-32,34,36H,9,11,13-15,19-21H2,1-8H3,(H,44,52). The van der Waals surface area contributed by atoms with Gasteiger partial charge in [-0.25, -0.2) is 19.2 Å². The average molecular weight is 804 g/mol. The van der Waals surface area contributed by atoms with Crippen LogP contribution in [0, 0.1) is 11.8 Å². The number of hydrogen-bond donors (Lipinski definition) is 1. The van der Waals surface area contributed by atoms with Gasteiger partial charge in [-0.3, -0.25) is 19.3 Å². The second-order valence-corrected chi connectivity index (χ2v) is 17.1. The van der Waals surface area contributed by atoms with E-state index in [-0.39, 0.29) is 36.7 Å². The van der Waals surface area contributed by atoms with Gasteiger partial charge in [0.05, 0.1) is 7.11 Å². The van der Waals surface area contributed by atoms with E-state index in [2.05, 4.69) is 10.1 Å². The summed E-state index contributed by atoms with van der Waals surface area (Å²) < 4.78 is 27.5. The van der Waals surface area contributed by atoms with Crippen molar-refractivity contribution in [3.8, 4) is 16.9 Å². The highest BCUT2D eigenvalue weighted by Gasteiger charge is 2.45. The quantitative estimate of drug-likeness (QED) is 0.193. The lowest BCUT2D eigenvalue weighted by atomic mass is 9.84. The Kier molecular flexibility index (Phi) is 12.2. The van der Waals surface area contributed by atoms with Crippen molar-refractivity contribution in [1.29, 1.82) is 0 Å². The minimum Gasteiger partial charge on any atom is -0.488 e. The van der Waals surface area contributed by atoms with Gasteiger partial charge >= 0.3 is 24.1 Å². The molecule has 0 bridgehead atoms. The fraction of sp³-hybridized carbons (Fsp3) is 0.558. The van der Waals surface area contributed by atoms with Crippen LogP contribution in [0.1, 0.15) is 106 Å². The summed E-state index contributed by atoms with van der Waals surface area (Å²) in [5.74, 6) is -2.27. The summed E-state index contributed by atoms with van der Waals surface area (Å²) in [6.07, 6.45) is -0.295. The van der Waals surface area contributed by atoms with Crippen molar-refractivity contribution in [2.24, 2.45) is 11.8 Å². The summed E-state index contributed by atoms with van der Waals surface area (Å²) in [5, 5.41) is 2.56. The molecule has 2 fully saturated rings. The van der Waals surface area contributed by atoms with Crippen LogP contribution in [0.5, 0.6) is 5.75 Å². The van der Waals surface area contributed by atoms with Crippen LogP contribution in [0.2, 0.25) is 0 Å². The van der Waals surface area contributed by atoms with Crippen molar-refractivity contribution in [3.05, 3.63) is 52.6 Å². The number of aryl methyl sites for hydroxylation is 1. The lowest BCUT2D eigenvalue weighted by molar-refractivity contribution is -0.154. The van der Waals surface area contributed by atoms with Crippen LogP contribution in [0.15, 0.2) is 30.3 Å². The number of ether oxygens (including phenoxy) is 5. The summed E-state index contributed by atoms with van der Waals surface area (Å²) in [5.41, 5.74) is 3.08. The van der Waals surface area contributed by atoms with Gasteiger partial charge in [0.15, 0.2) is 18.5 Å². The van der Waals surface area contributed by atoms with E-state index in [0.29, 0.717) is 49.1 Å². The molecule has 58 heavy (non-hydrogen) atoms. The van der Waals surface area contributed by atoms with Crippen molar-refractivity contribution in [2.45, 2.75) is 123 Å². The van der Waals surface area contributed by atoms with E-state index in [9.17, 15) is 33.6 Å². The Morgan fingerprint density at radius 3 is 2.34 bits per heavy atom. The van der Waals surface area contributed by atoms with Gasteiger partial charge in [-0.2, -0.15) is 0 Å². The second kappa shape index (κ2) is 16.8. The molecule has 15 nitrogen and oxygen atoms in total. The molecule has 3 heterocycles. The number of nitrogens with zero attached hydrogens (tertiary/aromatic N) is 2. The van der Waals surface area contributed by atoms with Crippen LogP contribution >= 0.6 is 0 Å². The van der Waals surface area contributed by atoms with Gasteiger partial charge in [0, 0.05) is 29.3 Å². The SMILES string of the molecule is COC(=O)NC(C(=O)N1C(C)CCC1C(=O)OCC(=O)c1ccc2c(c1)COc1cc3c(cc1-2)CCC(OC(=O)C1CC(C)CN1C(=O)OC(C)(C)C)C3=O)C(C)C. The molecule has 3 amide bonds. The molecule has 2 saturated heterocycles. The number of esters is 2. The first-order valence-corrected chi connectivity index (χ1v) is 19.9. The highest BCUT2D eigenvalue weighted by Crippen LogP contribution is 2.42. The predicted molar refractivity (Wildman–Crippen MR) is 208 cm³/mol. The summed E-state index contributed by atoms with van der Waals surface area (Å²) in [4.78, 5) is 94.8. The number of benzene rings is 2. The van der Waals surface area contributed by atoms with Crippen LogP contribution in [-0.4, -0.2) is 108 Å². The topological polar surface area (TPSA) is 184 Å². The normalized spacial score (nSPS) is 22.8. The zero-order chi connectivity index (χ0) is 42.2. The molecule has 6 atom stereocenters. The van der Waals surface area contributed by atoms with Crippen molar-refractivity contribution in [1.82, 2.24) is 15.1 Å². The maximum absolute atomic E-state index is 13.7. The van der Waals surface area contributed by atoms with Crippen LogP contribution in [0.4, 0.5) is 9.59 Å². The number of hydrogen-bond acceptors (Lipinski definition) is 12. The number of rotatable bonds is 9. The maximum atomic E-state index is 13.7. The number of fused-ring (bicyclic) bond motifs is 4. The first kappa shape index (κ1) is 42.1. The second-order valence-electron chi connectivity index (χ2n) is 17.1. The number of nitrogens with one attached hydrogen (secondary N) is 1. The molecule has 312 valence electrons. The Morgan fingerprint density at radius 1 is 0.914 bits per heavy atom. The molecule has 6 unspecified atom stereocenters. The van der Waals surface area contributed by atoms with Gasteiger partial charge in [-0.1, -0.05) is 32.9 Å². The molecule has 3 aliphatic heterocycles. The summed E-state index contributed by atoms with van der Waals surface area (Å²) in [6, 6.07) is 5.76. The number of methoxy groups -OCH3 is 1. The molecular weight excluding hydrogens is 750 g/mol. The zero-order valence-electron chi connectivity index (χ0n) is 34.4. The highest BCUT2D eigenvalue weighted by molar-refractivity contribution is 6.04. The van der Waals surface area contributed by atoms with Crippen LogP contribution < -0.4 is 10.1 Å². The van der Waals surface area contributed by atoms with Crippen LogP contribution in [0.25, 0.3) is 11.1 Å². The van der Waals surface area contributed by atoms with Gasteiger partial charge in [0.2, 0.25) is 11.7 Å². The fourth-order valence-electron chi connectivity index (χ4n) is 8.17. The van der Waals surface area contributed by atoms with Crippen LogP contribution in [-0.2, 0) is 46.4 Å². The third-order valence-electron chi connectivity index (χ3n) is 11.1. The van der Waals surface area contributed by atoms with E-state index in [1.807, 2.05) is 19.9 Å². The Morgan fingerprint density at radius 2 is 1.66 bits per heavy atom. The lowest BCUT2D eigenvalue weighted by Crippen LogP contribution is -2.55. The third kappa shape index (κ3) is 8.82. The van der Waals surface area contributed by atoms with Crippen molar-refractivity contribution in [2.75, 3.05) is 20.3 Å². The number of carbonyl (C=O) groups is 7. The van der Waals surface area contributed by atoms with E-state index >= 15 is 0 Å². The summed E-state index contributed by atoms with van der Waals surface area (Å²) in [7, 11) is 1.21. The first-order valence-electron chi connectivity index (χ1n) is 19.9. The molecule has 2 aromatic rings. The predicted octanol–water partition coefficient (Wildman–Crippen LogP) is 5.42. The fourth-order valence-corrected chi connectivity index (χ4v) is 8.17. The first-order chi connectivity index (χ1) is 27.4. The average Bonchev–Trinajstić information content (AvgIpc) is 3.77. The Labute approximate surface area is 338 Å². The Balaban J connectivity index is 1.09. The number of amides is 3. The maximum Gasteiger partial charge on any atom is 0.411 e. The van der Waals surface area contributed by atoms with E-state index < -0.39 is 72.3 Å². The molecule has 15 heteroatoms. The molecule has 0 aromatic heterocycles. The van der Waals surface area contributed by atoms with E-state index in [1.165, 1.54) is 16.9 Å². The summed E-state index contributed by atoms with van der Waals surface area (Å²) in [6.45, 7) is 12.5. The van der Waals surface area contributed by atoms with Gasteiger partial charge < -0.3 is 33.9 Å². The van der Waals surface area contributed by atoms with Crippen molar-refractivity contribution in [3.63, 3.8) is 0 Å². The molecular formula is C43H53N3O12. The highest BCUT2D eigenvalue weighted by atomic mass is 16.6. The largest absolute Gasteiger partial charge is 0.488 e. The Bertz CT molecular complexity index is 2000. The van der Waals surface area contributed by atoms with Gasteiger partial charge in [0.1, 0.15) is 36.1 Å². The third-order valence-corrected chi connectivity index (χ3v) is 11.1. The number of carbonyl (C=O) groups excluding carboxylic acids is 7. The molecule has 1 N–H and O–H groups in total. The van der Waals surface area contributed by atoms with E-state index in [0.717, 1.165) is 22.3 Å². The number of likely N-dealkylation sites (tertiary alicyclic amines) is 2. The smallest absolute Gasteiger partial charge is 0.411 e. The van der Waals surface area contributed by atoms with Crippen molar-refractivity contribution < 1.29 is 57.2 Å². The molecule has 1 aliphatic carbocycles. The van der Waals surface area contributed by atoms with Gasteiger partial charge in [0.25, 0.3) is 0 Å².